The normalized spacial score (nSPS) is 15.4. The molecule has 2 heterocycles. The number of benzene rings is 1. The van der Waals surface area contributed by atoms with Gasteiger partial charge in [0.05, 0.1) is 16.4 Å². The van der Waals surface area contributed by atoms with Crippen molar-refractivity contribution < 1.29 is 5.11 Å². The molecule has 0 atom stereocenters. The van der Waals surface area contributed by atoms with Crippen LogP contribution in [0.15, 0.2) is 34.6 Å². The molecule has 26 heavy (non-hydrogen) atoms. The molecule has 0 aliphatic carbocycles. The van der Waals surface area contributed by atoms with E-state index < -0.39 is 0 Å². The number of nitrogens with one attached hydrogen (secondary N) is 1. The van der Waals surface area contributed by atoms with Crippen LogP contribution < -0.4 is 10.2 Å². The number of aromatic hydroxyl groups is 1. The van der Waals surface area contributed by atoms with Gasteiger partial charge in [0.1, 0.15) is 5.75 Å². The SMILES string of the molecule is CCc1nc(CCNC(=NC)N2CCN(c3ccccc3O)CC2)cs1. The Hall–Kier alpha value is -2.28. The lowest BCUT2D eigenvalue weighted by Crippen LogP contribution is -2.52. The van der Waals surface area contributed by atoms with E-state index in [2.05, 4.69) is 37.4 Å². The molecule has 1 aromatic heterocycles. The number of aryl methyl sites for hydroxylation is 1. The molecule has 1 aliphatic heterocycles. The summed E-state index contributed by atoms with van der Waals surface area (Å²) in [7, 11) is 1.83. The molecule has 1 aromatic carbocycles. The Bertz CT molecular complexity index is 737. The zero-order valence-electron chi connectivity index (χ0n) is 15.5. The fraction of sp³-hybridized carbons (Fsp3) is 0.474. The van der Waals surface area contributed by atoms with Gasteiger partial charge in [-0.2, -0.15) is 0 Å². The van der Waals surface area contributed by atoms with E-state index >= 15 is 0 Å². The Morgan fingerprint density at radius 1 is 1.27 bits per heavy atom. The Kier molecular flexibility index (Phi) is 6.33. The van der Waals surface area contributed by atoms with Crippen molar-refractivity contribution in [1.82, 2.24) is 15.2 Å². The quantitative estimate of drug-likeness (QED) is 0.622. The largest absolute Gasteiger partial charge is 0.506 e. The molecule has 6 nitrogen and oxygen atoms in total. The van der Waals surface area contributed by atoms with Crippen molar-refractivity contribution in [2.24, 2.45) is 4.99 Å². The van der Waals surface area contributed by atoms with Gasteiger partial charge >= 0.3 is 0 Å². The second-order valence-electron chi connectivity index (χ2n) is 6.27. The highest BCUT2D eigenvalue weighted by Crippen LogP contribution is 2.27. The fourth-order valence-electron chi connectivity index (χ4n) is 3.15. The molecule has 1 aliphatic rings. The van der Waals surface area contributed by atoms with Gasteiger partial charge in [-0.25, -0.2) is 4.98 Å². The van der Waals surface area contributed by atoms with E-state index in [1.807, 2.05) is 25.2 Å². The second kappa shape index (κ2) is 8.89. The van der Waals surface area contributed by atoms with Gasteiger partial charge in [0.25, 0.3) is 0 Å². The molecule has 3 rings (SSSR count). The zero-order chi connectivity index (χ0) is 18.4. The number of nitrogens with zero attached hydrogens (tertiary/aromatic N) is 4. The number of phenolic OH excluding ortho intramolecular Hbond substituents is 1. The van der Waals surface area contributed by atoms with Crippen molar-refractivity contribution in [3.05, 3.63) is 40.3 Å². The number of aliphatic imine (C=N–C) groups is 1. The number of para-hydroxylation sites is 2. The average Bonchev–Trinajstić information content (AvgIpc) is 3.14. The number of piperazine rings is 1. The third-order valence-corrected chi connectivity index (χ3v) is 5.62. The maximum absolute atomic E-state index is 10.0. The van der Waals surface area contributed by atoms with Crippen molar-refractivity contribution in [2.75, 3.05) is 44.7 Å². The van der Waals surface area contributed by atoms with Crippen LogP contribution in [-0.2, 0) is 12.8 Å². The van der Waals surface area contributed by atoms with Gasteiger partial charge in [0.2, 0.25) is 0 Å². The van der Waals surface area contributed by atoms with Crippen LogP contribution >= 0.6 is 11.3 Å². The van der Waals surface area contributed by atoms with E-state index in [0.717, 1.165) is 62.9 Å². The lowest BCUT2D eigenvalue weighted by atomic mass is 10.2. The second-order valence-corrected chi connectivity index (χ2v) is 7.22. The maximum Gasteiger partial charge on any atom is 0.193 e. The smallest absolute Gasteiger partial charge is 0.193 e. The average molecular weight is 374 g/mol. The van der Waals surface area contributed by atoms with E-state index in [0.29, 0.717) is 5.75 Å². The summed E-state index contributed by atoms with van der Waals surface area (Å²) in [6, 6.07) is 7.53. The number of aromatic nitrogens is 1. The molecular formula is C19H27N5OS. The number of hydrogen-bond acceptors (Lipinski definition) is 5. The summed E-state index contributed by atoms with van der Waals surface area (Å²) in [6.07, 6.45) is 1.91. The highest BCUT2D eigenvalue weighted by Gasteiger charge is 2.21. The molecule has 140 valence electrons. The van der Waals surface area contributed by atoms with E-state index in [4.69, 9.17) is 0 Å². The Labute approximate surface area is 159 Å². The molecule has 0 bridgehead atoms. The predicted octanol–water partition coefficient (Wildman–Crippen LogP) is 2.35. The van der Waals surface area contributed by atoms with Crippen LogP contribution in [0, 0.1) is 0 Å². The van der Waals surface area contributed by atoms with Crippen molar-refractivity contribution in [1.29, 1.82) is 0 Å². The molecule has 0 spiro atoms. The Morgan fingerprint density at radius 2 is 2.04 bits per heavy atom. The Balaban J connectivity index is 1.48. The summed E-state index contributed by atoms with van der Waals surface area (Å²) < 4.78 is 0. The highest BCUT2D eigenvalue weighted by molar-refractivity contribution is 7.09. The van der Waals surface area contributed by atoms with Gasteiger partial charge in [0, 0.05) is 51.6 Å². The van der Waals surface area contributed by atoms with Crippen LogP contribution in [0.1, 0.15) is 17.6 Å². The molecule has 2 aromatic rings. The molecule has 7 heteroatoms. The molecule has 0 radical (unpaired) electrons. The summed E-state index contributed by atoms with van der Waals surface area (Å²) >= 11 is 1.74. The van der Waals surface area contributed by atoms with Crippen molar-refractivity contribution >= 4 is 23.0 Å². The topological polar surface area (TPSA) is 64.0 Å². The van der Waals surface area contributed by atoms with Gasteiger partial charge in [0.15, 0.2) is 5.96 Å². The number of rotatable bonds is 5. The monoisotopic (exact) mass is 373 g/mol. The number of hydrogen-bond donors (Lipinski definition) is 2. The minimum atomic E-state index is 0.346. The van der Waals surface area contributed by atoms with E-state index in [-0.39, 0.29) is 0 Å². The first-order chi connectivity index (χ1) is 12.7. The van der Waals surface area contributed by atoms with Crippen molar-refractivity contribution in [3.63, 3.8) is 0 Å². The lowest BCUT2D eigenvalue weighted by Gasteiger charge is -2.37. The third-order valence-electron chi connectivity index (χ3n) is 4.58. The standard InChI is InChI=1S/C19H27N5OS/c1-3-18-22-15(14-26-18)8-9-21-19(20-2)24-12-10-23(11-13-24)16-6-4-5-7-17(16)25/h4-7,14,25H,3,8-13H2,1-2H3,(H,20,21). The number of thiazole rings is 1. The number of guanidine groups is 1. The Morgan fingerprint density at radius 3 is 2.69 bits per heavy atom. The van der Waals surface area contributed by atoms with Crippen LogP contribution in [0.25, 0.3) is 0 Å². The number of anilines is 1. The van der Waals surface area contributed by atoms with Crippen LogP contribution in [0.4, 0.5) is 5.69 Å². The summed E-state index contributed by atoms with van der Waals surface area (Å²) in [5.74, 6) is 1.28. The lowest BCUT2D eigenvalue weighted by molar-refractivity contribution is 0.370. The van der Waals surface area contributed by atoms with Crippen LogP contribution in [0.5, 0.6) is 5.75 Å². The summed E-state index contributed by atoms with van der Waals surface area (Å²) in [5.41, 5.74) is 2.06. The van der Waals surface area contributed by atoms with E-state index in [1.54, 1.807) is 17.4 Å². The molecule has 1 saturated heterocycles. The van der Waals surface area contributed by atoms with Gasteiger partial charge < -0.3 is 20.2 Å². The zero-order valence-corrected chi connectivity index (χ0v) is 16.3. The number of phenols is 1. The van der Waals surface area contributed by atoms with Crippen LogP contribution in [0.2, 0.25) is 0 Å². The van der Waals surface area contributed by atoms with Crippen molar-refractivity contribution in [2.45, 2.75) is 19.8 Å². The fourth-order valence-corrected chi connectivity index (χ4v) is 3.93. The van der Waals surface area contributed by atoms with Gasteiger partial charge in [-0.1, -0.05) is 19.1 Å². The van der Waals surface area contributed by atoms with E-state index in [1.165, 1.54) is 5.01 Å². The minimum absolute atomic E-state index is 0.346. The third kappa shape index (κ3) is 4.46. The molecule has 0 amide bonds. The first-order valence-electron chi connectivity index (χ1n) is 9.13. The first kappa shape index (κ1) is 18.5. The summed E-state index contributed by atoms with van der Waals surface area (Å²) in [6.45, 7) is 6.46. The molecule has 0 saturated carbocycles. The molecule has 0 unspecified atom stereocenters. The van der Waals surface area contributed by atoms with Gasteiger partial charge in [-0.3, -0.25) is 4.99 Å². The molecule has 2 N–H and O–H groups in total. The van der Waals surface area contributed by atoms with Crippen LogP contribution in [0.3, 0.4) is 0 Å². The minimum Gasteiger partial charge on any atom is -0.506 e. The van der Waals surface area contributed by atoms with E-state index in [9.17, 15) is 5.11 Å². The highest BCUT2D eigenvalue weighted by atomic mass is 32.1. The van der Waals surface area contributed by atoms with Crippen LogP contribution in [-0.4, -0.2) is 60.7 Å². The summed E-state index contributed by atoms with van der Waals surface area (Å²) in [4.78, 5) is 13.5. The molecule has 1 fully saturated rings. The maximum atomic E-state index is 10.0. The van der Waals surface area contributed by atoms with Gasteiger partial charge in [-0.05, 0) is 18.6 Å². The van der Waals surface area contributed by atoms with Gasteiger partial charge in [-0.15, -0.1) is 11.3 Å². The predicted molar refractivity (Wildman–Crippen MR) is 108 cm³/mol. The first-order valence-corrected chi connectivity index (χ1v) is 10.0. The molecular weight excluding hydrogens is 346 g/mol. The summed E-state index contributed by atoms with van der Waals surface area (Å²) in [5, 5.41) is 16.8. The van der Waals surface area contributed by atoms with Crippen molar-refractivity contribution in [3.8, 4) is 5.75 Å².